The molecule has 0 spiro atoms. The molecular weight excluding hydrogens is 212 g/mol. The first-order valence-corrected chi connectivity index (χ1v) is 5.41. The highest BCUT2D eigenvalue weighted by Crippen LogP contribution is 2.29. The van der Waals surface area contributed by atoms with E-state index in [1.54, 1.807) is 6.20 Å². The van der Waals surface area contributed by atoms with Crippen LogP contribution in [0.4, 0.5) is 5.95 Å². The number of aromatic nitrogens is 3. The summed E-state index contributed by atoms with van der Waals surface area (Å²) in [5.41, 5.74) is 9.71. The number of hydrogen-bond donors (Lipinski definition) is 2. The average Bonchev–Trinajstić information content (AvgIpc) is 2.76. The number of para-hydroxylation sites is 1. The summed E-state index contributed by atoms with van der Waals surface area (Å²) in [7, 11) is 0. The highest BCUT2D eigenvalue weighted by Gasteiger charge is 2.10. The van der Waals surface area contributed by atoms with E-state index in [9.17, 15) is 0 Å². The first kappa shape index (κ1) is 9.84. The number of H-pyrrole nitrogens is 1. The highest BCUT2D eigenvalue weighted by atomic mass is 15.0. The van der Waals surface area contributed by atoms with Crippen molar-refractivity contribution in [2.24, 2.45) is 0 Å². The molecule has 2 heterocycles. The number of nitrogen functional groups attached to an aromatic ring is 1. The van der Waals surface area contributed by atoms with Crippen LogP contribution in [-0.2, 0) is 0 Å². The lowest BCUT2D eigenvalue weighted by Crippen LogP contribution is -1.97. The van der Waals surface area contributed by atoms with Gasteiger partial charge in [-0.3, -0.25) is 0 Å². The van der Waals surface area contributed by atoms with Gasteiger partial charge in [0.25, 0.3) is 0 Å². The summed E-state index contributed by atoms with van der Waals surface area (Å²) in [6.07, 6.45) is 3.71. The van der Waals surface area contributed by atoms with Crippen LogP contribution in [0.15, 0.2) is 36.7 Å². The van der Waals surface area contributed by atoms with Crippen LogP contribution in [0, 0.1) is 6.92 Å². The number of fused-ring (bicyclic) bond motifs is 1. The number of aromatic amines is 1. The molecule has 0 saturated carbocycles. The third-order valence-electron chi connectivity index (χ3n) is 2.83. The van der Waals surface area contributed by atoms with E-state index in [0.29, 0.717) is 5.95 Å². The molecule has 17 heavy (non-hydrogen) atoms. The molecule has 0 amide bonds. The molecule has 0 saturated heterocycles. The van der Waals surface area contributed by atoms with Crippen molar-refractivity contribution in [2.75, 3.05) is 5.73 Å². The monoisotopic (exact) mass is 224 g/mol. The van der Waals surface area contributed by atoms with E-state index in [2.05, 4.69) is 21.0 Å². The zero-order valence-electron chi connectivity index (χ0n) is 9.44. The van der Waals surface area contributed by atoms with Gasteiger partial charge in [0, 0.05) is 28.9 Å². The predicted octanol–water partition coefficient (Wildman–Crippen LogP) is 2.52. The normalized spacial score (nSPS) is 10.9. The Bertz CT molecular complexity index is 685. The van der Waals surface area contributed by atoms with Gasteiger partial charge in [-0.15, -0.1) is 0 Å². The summed E-state index contributed by atoms with van der Waals surface area (Å²) in [6, 6.07) is 8.13. The predicted molar refractivity (Wildman–Crippen MR) is 68.5 cm³/mol. The molecule has 0 radical (unpaired) electrons. The molecule has 4 heteroatoms. The number of aryl methyl sites for hydroxylation is 1. The van der Waals surface area contributed by atoms with Gasteiger partial charge in [-0.25, -0.2) is 9.97 Å². The second-order valence-corrected chi connectivity index (χ2v) is 4.01. The van der Waals surface area contributed by atoms with Crippen molar-refractivity contribution in [2.45, 2.75) is 6.92 Å². The minimum Gasteiger partial charge on any atom is -0.368 e. The Morgan fingerprint density at radius 3 is 2.94 bits per heavy atom. The van der Waals surface area contributed by atoms with E-state index in [-0.39, 0.29) is 0 Å². The van der Waals surface area contributed by atoms with Crippen molar-refractivity contribution < 1.29 is 0 Å². The van der Waals surface area contributed by atoms with Gasteiger partial charge in [0.2, 0.25) is 5.95 Å². The minimum absolute atomic E-state index is 0.302. The van der Waals surface area contributed by atoms with E-state index in [0.717, 1.165) is 27.7 Å². The zero-order valence-corrected chi connectivity index (χ0v) is 9.44. The van der Waals surface area contributed by atoms with Crippen LogP contribution >= 0.6 is 0 Å². The van der Waals surface area contributed by atoms with Crippen LogP contribution in [0.1, 0.15) is 5.56 Å². The smallest absolute Gasteiger partial charge is 0.220 e. The Morgan fingerprint density at radius 1 is 1.24 bits per heavy atom. The maximum Gasteiger partial charge on any atom is 0.220 e. The summed E-state index contributed by atoms with van der Waals surface area (Å²) in [5, 5.41) is 1.15. The highest BCUT2D eigenvalue weighted by molar-refractivity contribution is 5.95. The summed E-state index contributed by atoms with van der Waals surface area (Å²) >= 11 is 0. The van der Waals surface area contributed by atoms with Gasteiger partial charge in [0.15, 0.2) is 0 Å². The Morgan fingerprint density at radius 2 is 2.06 bits per heavy atom. The molecular formula is C13H12N4. The third-order valence-corrected chi connectivity index (χ3v) is 2.83. The Balaban J connectivity index is 2.31. The van der Waals surface area contributed by atoms with Crippen molar-refractivity contribution in [1.82, 2.24) is 15.0 Å². The average molecular weight is 224 g/mol. The minimum atomic E-state index is 0.302. The summed E-state index contributed by atoms with van der Waals surface area (Å²) in [4.78, 5) is 11.5. The molecule has 3 rings (SSSR count). The fraction of sp³-hybridized carbons (Fsp3) is 0.0769. The first-order chi connectivity index (χ1) is 8.25. The Kier molecular flexibility index (Phi) is 2.08. The molecule has 0 unspecified atom stereocenters. The van der Waals surface area contributed by atoms with Gasteiger partial charge in [-0.1, -0.05) is 18.2 Å². The fourth-order valence-electron chi connectivity index (χ4n) is 2.00. The number of anilines is 1. The number of nitrogens with one attached hydrogen (secondary N) is 1. The fourth-order valence-corrected chi connectivity index (χ4v) is 2.00. The number of hydrogen-bond acceptors (Lipinski definition) is 3. The van der Waals surface area contributed by atoms with E-state index in [4.69, 9.17) is 5.73 Å². The molecule has 0 aliphatic carbocycles. The quantitative estimate of drug-likeness (QED) is 0.667. The van der Waals surface area contributed by atoms with Crippen molar-refractivity contribution in [3.05, 3.63) is 42.2 Å². The molecule has 84 valence electrons. The lowest BCUT2D eigenvalue weighted by atomic mass is 10.1. The van der Waals surface area contributed by atoms with Crippen molar-refractivity contribution in [1.29, 1.82) is 0 Å². The van der Waals surface area contributed by atoms with Crippen molar-refractivity contribution in [3.8, 4) is 11.3 Å². The number of rotatable bonds is 1. The van der Waals surface area contributed by atoms with Gasteiger partial charge in [0.05, 0.1) is 5.69 Å². The van der Waals surface area contributed by atoms with E-state index < -0.39 is 0 Å². The molecule has 1 aromatic carbocycles. The maximum absolute atomic E-state index is 5.65. The lowest BCUT2D eigenvalue weighted by molar-refractivity contribution is 1.15. The second kappa shape index (κ2) is 3.59. The van der Waals surface area contributed by atoms with Gasteiger partial charge in [-0.2, -0.15) is 0 Å². The van der Waals surface area contributed by atoms with Crippen LogP contribution in [-0.4, -0.2) is 15.0 Å². The zero-order chi connectivity index (χ0) is 11.8. The molecule has 2 aromatic heterocycles. The summed E-state index contributed by atoms with van der Waals surface area (Å²) in [6.45, 7) is 1.98. The first-order valence-electron chi connectivity index (χ1n) is 5.41. The van der Waals surface area contributed by atoms with Crippen molar-refractivity contribution >= 4 is 16.9 Å². The maximum atomic E-state index is 5.65. The Hall–Kier alpha value is -2.36. The van der Waals surface area contributed by atoms with E-state index in [1.165, 1.54) is 0 Å². The third kappa shape index (κ3) is 1.54. The largest absolute Gasteiger partial charge is 0.368 e. The molecule has 0 bridgehead atoms. The number of nitrogens with two attached hydrogens (primary N) is 1. The SMILES string of the molecule is Cc1cnc(N)nc1-c1c[nH]c2ccccc12. The summed E-state index contributed by atoms with van der Waals surface area (Å²) in [5.74, 6) is 0.302. The van der Waals surface area contributed by atoms with Crippen LogP contribution in [0.25, 0.3) is 22.2 Å². The van der Waals surface area contributed by atoms with Crippen molar-refractivity contribution in [3.63, 3.8) is 0 Å². The molecule has 0 aliphatic rings. The molecule has 0 atom stereocenters. The van der Waals surface area contributed by atoms with E-state index in [1.807, 2.05) is 31.3 Å². The number of benzene rings is 1. The topological polar surface area (TPSA) is 67.6 Å². The molecule has 3 N–H and O–H groups in total. The van der Waals surface area contributed by atoms with Crippen LogP contribution in [0.2, 0.25) is 0 Å². The van der Waals surface area contributed by atoms with Gasteiger partial charge >= 0.3 is 0 Å². The van der Waals surface area contributed by atoms with Crippen LogP contribution in [0.5, 0.6) is 0 Å². The molecule has 4 nitrogen and oxygen atoms in total. The van der Waals surface area contributed by atoms with E-state index >= 15 is 0 Å². The molecule has 0 fully saturated rings. The Labute approximate surface area is 98.5 Å². The van der Waals surface area contributed by atoms with Gasteiger partial charge in [-0.05, 0) is 18.6 Å². The van der Waals surface area contributed by atoms with Crippen LogP contribution in [0.3, 0.4) is 0 Å². The van der Waals surface area contributed by atoms with Gasteiger partial charge in [0.1, 0.15) is 0 Å². The molecule has 3 aromatic rings. The standard InChI is InChI=1S/C13H12N4/c1-8-6-16-13(14)17-12(8)10-7-15-11-5-3-2-4-9(10)11/h2-7,15H,1H3,(H2,14,16,17). The number of nitrogens with zero attached hydrogens (tertiary/aromatic N) is 2. The molecule has 0 aliphatic heterocycles. The van der Waals surface area contributed by atoms with Gasteiger partial charge < -0.3 is 10.7 Å². The summed E-state index contributed by atoms with van der Waals surface area (Å²) < 4.78 is 0. The van der Waals surface area contributed by atoms with Crippen LogP contribution < -0.4 is 5.73 Å². The lowest BCUT2D eigenvalue weighted by Gasteiger charge is -2.03. The second-order valence-electron chi connectivity index (χ2n) is 4.01.